The van der Waals surface area contributed by atoms with Gasteiger partial charge in [0.25, 0.3) is 5.91 Å². The van der Waals surface area contributed by atoms with E-state index in [1.807, 2.05) is 30.3 Å². The molecule has 1 amide bonds. The van der Waals surface area contributed by atoms with Gasteiger partial charge in [-0.2, -0.15) is 0 Å². The monoisotopic (exact) mass is 392 g/mol. The van der Waals surface area contributed by atoms with E-state index < -0.39 is 15.9 Å². The van der Waals surface area contributed by atoms with Crippen LogP contribution in [0.15, 0.2) is 53.4 Å². The topological polar surface area (TPSA) is 105 Å². The van der Waals surface area contributed by atoms with Crippen LogP contribution in [0.5, 0.6) is 5.75 Å². The first-order chi connectivity index (χ1) is 12.9. The van der Waals surface area contributed by atoms with Gasteiger partial charge in [-0.3, -0.25) is 4.79 Å². The van der Waals surface area contributed by atoms with Gasteiger partial charge in [0, 0.05) is 12.2 Å². The van der Waals surface area contributed by atoms with Gasteiger partial charge in [0.05, 0.1) is 13.2 Å². The molecule has 7 nitrogen and oxygen atoms in total. The highest BCUT2D eigenvalue weighted by Crippen LogP contribution is 2.25. The molecule has 0 saturated carbocycles. The van der Waals surface area contributed by atoms with Crippen molar-refractivity contribution < 1.29 is 23.1 Å². The second kappa shape index (κ2) is 9.50. The number of aliphatic hydroxyl groups is 1. The van der Waals surface area contributed by atoms with Gasteiger partial charge in [0.1, 0.15) is 10.6 Å². The maximum absolute atomic E-state index is 12.7. The lowest BCUT2D eigenvalue weighted by atomic mass is 10.0. The van der Waals surface area contributed by atoms with Crippen LogP contribution in [0.2, 0.25) is 0 Å². The van der Waals surface area contributed by atoms with Crippen LogP contribution in [0.4, 0.5) is 0 Å². The van der Waals surface area contributed by atoms with Crippen molar-refractivity contribution in [2.75, 3.05) is 20.8 Å². The van der Waals surface area contributed by atoms with Crippen molar-refractivity contribution in [3.8, 4) is 5.75 Å². The van der Waals surface area contributed by atoms with E-state index >= 15 is 0 Å². The molecule has 8 heteroatoms. The first-order valence-electron chi connectivity index (χ1n) is 8.51. The van der Waals surface area contributed by atoms with Crippen LogP contribution in [0.1, 0.15) is 34.8 Å². The van der Waals surface area contributed by atoms with Crippen molar-refractivity contribution >= 4 is 15.9 Å². The molecule has 146 valence electrons. The molecule has 2 aromatic carbocycles. The highest BCUT2D eigenvalue weighted by atomic mass is 32.2. The quantitative estimate of drug-likeness (QED) is 0.604. The minimum atomic E-state index is -3.78. The zero-order valence-corrected chi connectivity index (χ0v) is 16.1. The molecule has 27 heavy (non-hydrogen) atoms. The number of ether oxygens (including phenoxy) is 1. The van der Waals surface area contributed by atoms with Crippen molar-refractivity contribution in [3.63, 3.8) is 0 Å². The zero-order valence-electron chi connectivity index (χ0n) is 15.3. The van der Waals surface area contributed by atoms with E-state index in [9.17, 15) is 13.2 Å². The minimum absolute atomic E-state index is 0.0201. The van der Waals surface area contributed by atoms with Crippen LogP contribution in [-0.2, 0) is 10.0 Å². The Morgan fingerprint density at radius 1 is 1.19 bits per heavy atom. The average molecular weight is 392 g/mol. The zero-order chi connectivity index (χ0) is 19.9. The molecule has 0 aliphatic heterocycles. The largest absolute Gasteiger partial charge is 0.495 e. The predicted octanol–water partition coefficient (Wildman–Crippen LogP) is 1.85. The summed E-state index contributed by atoms with van der Waals surface area (Å²) in [6.07, 6.45) is 1.09. The fraction of sp³-hybridized carbons (Fsp3) is 0.316. The van der Waals surface area contributed by atoms with Gasteiger partial charge < -0.3 is 15.2 Å². The number of hydrogen-bond donors (Lipinski definition) is 3. The van der Waals surface area contributed by atoms with Gasteiger partial charge in [-0.05, 0) is 43.7 Å². The van der Waals surface area contributed by atoms with Crippen LogP contribution in [-0.4, -0.2) is 40.2 Å². The Balaban J connectivity index is 2.31. The van der Waals surface area contributed by atoms with Crippen molar-refractivity contribution in [2.45, 2.75) is 23.8 Å². The SMILES string of the molecule is CNS(=O)(=O)c1cc(C(=O)N[C@H](CCCO)c2ccccc2)ccc1OC. The molecule has 0 bridgehead atoms. The molecular formula is C19H24N2O5S. The van der Waals surface area contributed by atoms with Crippen LogP contribution in [0, 0.1) is 0 Å². The van der Waals surface area contributed by atoms with E-state index in [4.69, 9.17) is 9.84 Å². The summed E-state index contributed by atoms with van der Waals surface area (Å²) in [5, 5.41) is 12.0. The number of benzene rings is 2. The molecule has 2 aromatic rings. The van der Waals surface area contributed by atoms with E-state index in [0.29, 0.717) is 12.8 Å². The second-order valence-electron chi connectivity index (χ2n) is 5.88. The number of aliphatic hydroxyl groups excluding tert-OH is 1. The standard InChI is InChI=1S/C19H24N2O5S/c1-20-27(24,25)18-13-15(10-11-17(18)26-2)19(23)21-16(9-6-12-22)14-7-4-3-5-8-14/h3-5,7-8,10-11,13,16,20,22H,6,9,12H2,1-2H3,(H,21,23)/t16-/m1/s1. The lowest BCUT2D eigenvalue weighted by Crippen LogP contribution is -2.29. The van der Waals surface area contributed by atoms with Gasteiger partial charge in [0.2, 0.25) is 10.0 Å². The Labute approximate surface area is 159 Å². The van der Waals surface area contributed by atoms with E-state index in [-0.39, 0.29) is 28.9 Å². The molecule has 0 aliphatic rings. The fourth-order valence-electron chi connectivity index (χ4n) is 2.68. The highest BCUT2D eigenvalue weighted by Gasteiger charge is 2.21. The van der Waals surface area contributed by atoms with Crippen molar-refractivity contribution in [1.82, 2.24) is 10.0 Å². The molecule has 0 aliphatic carbocycles. The molecule has 0 heterocycles. The summed E-state index contributed by atoms with van der Waals surface area (Å²) in [4.78, 5) is 12.6. The summed E-state index contributed by atoms with van der Waals surface area (Å²) < 4.78 is 31.7. The maximum atomic E-state index is 12.7. The molecule has 0 fully saturated rings. The molecule has 3 N–H and O–H groups in total. The van der Waals surface area contributed by atoms with Gasteiger partial charge in [-0.25, -0.2) is 13.1 Å². The van der Waals surface area contributed by atoms with Gasteiger partial charge >= 0.3 is 0 Å². The first kappa shape index (κ1) is 20.9. The summed E-state index contributed by atoms with van der Waals surface area (Å²) in [6.45, 7) is 0.0201. The normalized spacial score (nSPS) is 12.4. The summed E-state index contributed by atoms with van der Waals surface area (Å²) in [5.41, 5.74) is 1.12. The van der Waals surface area contributed by atoms with E-state index in [0.717, 1.165) is 5.56 Å². The summed E-state index contributed by atoms with van der Waals surface area (Å²) >= 11 is 0. The van der Waals surface area contributed by atoms with E-state index in [2.05, 4.69) is 10.0 Å². The Hall–Kier alpha value is -2.42. The second-order valence-corrected chi connectivity index (χ2v) is 7.73. The summed E-state index contributed by atoms with van der Waals surface area (Å²) in [6, 6.07) is 13.4. The molecule has 0 radical (unpaired) electrons. The van der Waals surface area contributed by atoms with Gasteiger partial charge in [0.15, 0.2) is 0 Å². The van der Waals surface area contributed by atoms with Crippen LogP contribution in [0.25, 0.3) is 0 Å². The summed E-state index contributed by atoms with van der Waals surface area (Å²) in [5.74, 6) is -0.252. The molecular weight excluding hydrogens is 368 g/mol. The van der Waals surface area contributed by atoms with Crippen molar-refractivity contribution in [3.05, 3.63) is 59.7 Å². The Morgan fingerprint density at radius 3 is 2.48 bits per heavy atom. The number of rotatable bonds is 9. The van der Waals surface area contributed by atoms with Crippen molar-refractivity contribution in [2.24, 2.45) is 0 Å². The number of carbonyl (C=O) groups excluding carboxylic acids is 1. The highest BCUT2D eigenvalue weighted by molar-refractivity contribution is 7.89. The third kappa shape index (κ3) is 5.29. The third-order valence-corrected chi connectivity index (χ3v) is 5.58. The minimum Gasteiger partial charge on any atom is -0.495 e. The summed E-state index contributed by atoms with van der Waals surface area (Å²) in [7, 11) is -1.12. The maximum Gasteiger partial charge on any atom is 0.251 e. The van der Waals surface area contributed by atoms with Gasteiger partial charge in [-0.15, -0.1) is 0 Å². The smallest absolute Gasteiger partial charge is 0.251 e. The predicted molar refractivity (Wildman–Crippen MR) is 102 cm³/mol. The Morgan fingerprint density at radius 2 is 1.89 bits per heavy atom. The lowest BCUT2D eigenvalue weighted by molar-refractivity contribution is 0.0932. The molecule has 1 atom stereocenters. The van der Waals surface area contributed by atoms with Crippen LogP contribution in [0.3, 0.4) is 0 Å². The fourth-order valence-corrected chi connectivity index (χ4v) is 3.60. The van der Waals surface area contributed by atoms with Crippen molar-refractivity contribution in [1.29, 1.82) is 0 Å². The molecule has 0 unspecified atom stereocenters. The number of hydrogen-bond acceptors (Lipinski definition) is 5. The average Bonchev–Trinajstić information content (AvgIpc) is 2.71. The number of amides is 1. The molecule has 0 aromatic heterocycles. The molecule has 0 spiro atoms. The number of carbonyl (C=O) groups is 1. The van der Waals surface area contributed by atoms with Gasteiger partial charge in [-0.1, -0.05) is 30.3 Å². The van der Waals surface area contributed by atoms with E-state index in [1.54, 1.807) is 0 Å². The Bertz CT molecular complexity index is 869. The molecule has 2 rings (SSSR count). The number of sulfonamides is 1. The van der Waals surface area contributed by atoms with Crippen LogP contribution >= 0.6 is 0 Å². The van der Waals surface area contributed by atoms with E-state index in [1.165, 1.54) is 32.4 Å². The first-order valence-corrected chi connectivity index (χ1v) is 9.99. The number of methoxy groups -OCH3 is 1. The Kier molecular flexibility index (Phi) is 7.35. The van der Waals surface area contributed by atoms with Crippen LogP contribution < -0.4 is 14.8 Å². The third-order valence-electron chi connectivity index (χ3n) is 4.14. The number of nitrogens with one attached hydrogen (secondary N) is 2. The molecule has 0 saturated heterocycles. The lowest BCUT2D eigenvalue weighted by Gasteiger charge is -2.19.